The lowest BCUT2D eigenvalue weighted by Gasteiger charge is -2.06. The molecule has 2 heteroatoms. The van der Waals surface area contributed by atoms with Crippen LogP contribution in [0.1, 0.15) is 32.9 Å². The number of pyridine rings is 1. The molecule has 2 rings (SSSR count). The fourth-order valence-corrected chi connectivity index (χ4v) is 1.95. The SMILES string of the molecule is Cc1cc(C(=O)c2ccccc2C)cc(C)n1. The summed E-state index contributed by atoms with van der Waals surface area (Å²) < 4.78 is 0. The van der Waals surface area contributed by atoms with Crippen LogP contribution in [0, 0.1) is 20.8 Å². The maximum Gasteiger partial charge on any atom is 0.193 e. The Kier molecular flexibility index (Phi) is 3.05. The summed E-state index contributed by atoms with van der Waals surface area (Å²) in [5.74, 6) is 0.0664. The first-order chi connectivity index (χ1) is 8.08. The highest BCUT2D eigenvalue weighted by molar-refractivity contribution is 6.09. The summed E-state index contributed by atoms with van der Waals surface area (Å²) >= 11 is 0. The van der Waals surface area contributed by atoms with Gasteiger partial charge in [0, 0.05) is 22.5 Å². The third-order valence-electron chi connectivity index (χ3n) is 2.73. The lowest BCUT2D eigenvalue weighted by Crippen LogP contribution is -2.05. The molecule has 2 nitrogen and oxygen atoms in total. The molecular weight excluding hydrogens is 210 g/mol. The van der Waals surface area contributed by atoms with Crippen molar-refractivity contribution in [3.63, 3.8) is 0 Å². The number of benzene rings is 1. The van der Waals surface area contributed by atoms with Gasteiger partial charge in [-0.15, -0.1) is 0 Å². The fraction of sp³-hybridized carbons (Fsp3) is 0.200. The first-order valence-electron chi connectivity index (χ1n) is 5.63. The Bertz CT molecular complexity index is 553. The maximum absolute atomic E-state index is 12.3. The number of carbonyl (C=O) groups is 1. The predicted octanol–water partition coefficient (Wildman–Crippen LogP) is 3.24. The van der Waals surface area contributed by atoms with E-state index in [0.717, 1.165) is 22.5 Å². The lowest BCUT2D eigenvalue weighted by molar-refractivity contribution is 0.103. The minimum absolute atomic E-state index is 0.0664. The molecule has 0 aliphatic rings. The highest BCUT2D eigenvalue weighted by atomic mass is 16.1. The molecule has 0 spiro atoms. The third kappa shape index (κ3) is 2.41. The molecule has 1 heterocycles. The first kappa shape index (κ1) is 11.5. The molecule has 17 heavy (non-hydrogen) atoms. The van der Waals surface area contributed by atoms with Crippen molar-refractivity contribution in [2.24, 2.45) is 0 Å². The number of carbonyl (C=O) groups excluding carboxylic acids is 1. The smallest absolute Gasteiger partial charge is 0.193 e. The summed E-state index contributed by atoms with van der Waals surface area (Å²) in [6, 6.07) is 11.3. The van der Waals surface area contributed by atoms with Gasteiger partial charge in [0.05, 0.1) is 0 Å². The van der Waals surface area contributed by atoms with Crippen molar-refractivity contribution in [2.75, 3.05) is 0 Å². The Morgan fingerprint density at radius 3 is 2.18 bits per heavy atom. The van der Waals surface area contributed by atoms with Crippen molar-refractivity contribution >= 4 is 5.78 Å². The van der Waals surface area contributed by atoms with Gasteiger partial charge in [-0.1, -0.05) is 24.3 Å². The van der Waals surface area contributed by atoms with Crippen LogP contribution in [0.5, 0.6) is 0 Å². The largest absolute Gasteiger partial charge is 0.289 e. The Morgan fingerprint density at radius 2 is 1.59 bits per heavy atom. The van der Waals surface area contributed by atoms with Crippen LogP contribution in [0.3, 0.4) is 0 Å². The van der Waals surface area contributed by atoms with E-state index in [9.17, 15) is 4.79 Å². The van der Waals surface area contributed by atoms with E-state index in [0.29, 0.717) is 5.56 Å². The molecule has 2 aromatic rings. The molecule has 0 aliphatic heterocycles. The van der Waals surface area contributed by atoms with E-state index in [4.69, 9.17) is 0 Å². The zero-order valence-electron chi connectivity index (χ0n) is 10.3. The van der Waals surface area contributed by atoms with E-state index in [-0.39, 0.29) is 5.78 Å². The van der Waals surface area contributed by atoms with Gasteiger partial charge in [0.15, 0.2) is 5.78 Å². The average Bonchev–Trinajstić information content (AvgIpc) is 2.27. The third-order valence-corrected chi connectivity index (χ3v) is 2.73. The molecule has 1 aromatic carbocycles. The number of aromatic nitrogens is 1. The topological polar surface area (TPSA) is 30.0 Å². The molecule has 0 amide bonds. The van der Waals surface area contributed by atoms with Gasteiger partial charge in [0.1, 0.15) is 0 Å². The Labute approximate surface area is 101 Å². The summed E-state index contributed by atoms with van der Waals surface area (Å²) in [7, 11) is 0. The van der Waals surface area contributed by atoms with Crippen molar-refractivity contribution in [3.8, 4) is 0 Å². The molecule has 0 fully saturated rings. The average molecular weight is 225 g/mol. The van der Waals surface area contributed by atoms with Crippen LogP contribution in [0.2, 0.25) is 0 Å². The molecule has 0 radical (unpaired) electrons. The standard InChI is InChI=1S/C15H15NO/c1-10-6-4-5-7-14(10)15(17)13-8-11(2)16-12(3)9-13/h4-9H,1-3H3. The molecule has 0 atom stereocenters. The van der Waals surface area contributed by atoms with E-state index in [2.05, 4.69) is 4.98 Å². The van der Waals surface area contributed by atoms with Gasteiger partial charge in [-0.2, -0.15) is 0 Å². The van der Waals surface area contributed by atoms with Crippen LogP contribution < -0.4 is 0 Å². The molecule has 0 N–H and O–H groups in total. The van der Waals surface area contributed by atoms with Gasteiger partial charge < -0.3 is 0 Å². The van der Waals surface area contributed by atoms with Gasteiger partial charge in [-0.3, -0.25) is 9.78 Å². The maximum atomic E-state index is 12.3. The molecule has 0 saturated heterocycles. The highest BCUT2D eigenvalue weighted by Gasteiger charge is 2.12. The molecule has 0 aliphatic carbocycles. The Morgan fingerprint density at radius 1 is 1.00 bits per heavy atom. The van der Waals surface area contributed by atoms with Gasteiger partial charge in [-0.05, 0) is 38.5 Å². The minimum atomic E-state index is 0.0664. The summed E-state index contributed by atoms with van der Waals surface area (Å²) in [4.78, 5) is 16.6. The van der Waals surface area contributed by atoms with Crippen molar-refractivity contribution in [3.05, 3.63) is 64.5 Å². The second kappa shape index (κ2) is 4.50. The monoisotopic (exact) mass is 225 g/mol. The highest BCUT2D eigenvalue weighted by Crippen LogP contribution is 2.15. The Hall–Kier alpha value is -1.96. The molecule has 0 bridgehead atoms. The van der Waals surface area contributed by atoms with E-state index in [1.165, 1.54) is 0 Å². The van der Waals surface area contributed by atoms with E-state index in [1.54, 1.807) is 0 Å². The van der Waals surface area contributed by atoms with Crippen LogP contribution in [0.4, 0.5) is 0 Å². The second-order valence-electron chi connectivity index (χ2n) is 4.28. The van der Waals surface area contributed by atoms with Crippen molar-refractivity contribution in [1.82, 2.24) is 4.98 Å². The number of aryl methyl sites for hydroxylation is 3. The van der Waals surface area contributed by atoms with Gasteiger partial charge in [-0.25, -0.2) is 0 Å². The zero-order chi connectivity index (χ0) is 12.4. The summed E-state index contributed by atoms with van der Waals surface area (Å²) in [5.41, 5.74) is 4.23. The molecular formula is C15H15NO. The number of nitrogens with zero attached hydrogens (tertiary/aromatic N) is 1. The minimum Gasteiger partial charge on any atom is -0.289 e. The van der Waals surface area contributed by atoms with E-state index >= 15 is 0 Å². The first-order valence-corrected chi connectivity index (χ1v) is 5.63. The second-order valence-corrected chi connectivity index (χ2v) is 4.28. The van der Waals surface area contributed by atoms with Gasteiger partial charge in [0.2, 0.25) is 0 Å². The summed E-state index contributed by atoms with van der Waals surface area (Å²) in [5, 5.41) is 0. The summed E-state index contributed by atoms with van der Waals surface area (Å²) in [6.07, 6.45) is 0. The van der Waals surface area contributed by atoms with Crippen LogP contribution >= 0.6 is 0 Å². The van der Waals surface area contributed by atoms with Gasteiger partial charge >= 0.3 is 0 Å². The zero-order valence-corrected chi connectivity index (χ0v) is 10.3. The number of hydrogen-bond acceptors (Lipinski definition) is 2. The van der Waals surface area contributed by atoms with Crippen molar-refractivity contribution < 1.29 is 4.79 Å². The van der Waals surface area contributed by atoms with Crippen LogP contribution in [0.15, 0.2) is 36.4 Å². The van der Waals surface area contributed by atoms with E-state index in [1.807, 2.05) is 57.2 Å². The molecule has 86 valence electrons. The Balaban J connectivity index is 2.48. The molecule has 1 aromatic heterocycles. The van der Waals surface area contributed by atoms with E-state index < -0.39 is 0 Å². The summed E-state index contributed by atoms with van der Waals surface area (Å²) in [6.45, 7) is 5.76. The van der Waals surface area contributed by atoms with Crippen LogP contribution in [0.25, 0.3) is 0 Å². The predicted molar refractivity (Wildman–Crippen MR) is 68.3 cm³/mol. The number of rotatable bonds is 2. The fourth-order valence-electron chi connectivity index (χ4n) is 1.95. The van der Waals surface area contributed by atoms with Gasteiger partial charge in [0.25, 0.3) is 0 Å². The molecule has 0 unspecified atom stereocenters. The number of ketones is 1. The van der Waals surface area contributed by atoms with Crippen LogP contribution in [-0.4, -0.2) is 10.8 Å². The van der Waals surface area contributed by atoms with Crippen molar-refractivity contribution in [1.29, 1.82) is 0 Å². The molecule has 0 saturated carbocycles. The van der Waals surface area contributed by atoms with Crippen LogP contribution in [-0.2, 0) is 0 Å². The quantitative estimate of drug-likeness (QED) is 0.734. The normalized spacial score (nSPS) is 10.3. The number of hydrogen-bond donors (Lipinski definition) is 0. The lowest BCUT2D eigenvalue weighted by atomic mass is 9.99. The van der Waals surface area contributed by atoms with Crippen molar-refractivity contribution in [2.45, 2.75) is 20.8 Å².